The van der Waals surface area contributed by atoms with E-state index < -0.39 is 0 Å². The molecular weight excluding hydrogens is 433 g/mol. The lowest BCUT2D eigenvalue weighted by molar-refractivity contribution is -0.126. The van der Waals surface area contributed by atoms with Gasteiger partial charge in [0.05, 0.1) is 12.3 Å². The summed E-state index contributed by atoms with van der Waals surface area (Å²) in [6.07, 6.45) is 4.03. The number of anilines is 2. The van der Waals surface area contributed by atoms with E-state index in [2.05, 4.69) is 16.5 Å². The summed E-state index contributed by atoms with van der Waals surface area (Å²) in [7, 11) is 1.97. The average molecular weight is 468 g/mol. The molecule has 0 saturated carbocycles. The molecule has 1 aromatic heterocycles. The molecule has 34 heavy (non-hydrogen) atoms. The van der Waals surface area contributed by atoms with Gasteiger partial charge in [0.25, 0.3) is 0 Å². The summed E-state index contributed by atoms with van der Waals surface area (Å²) in [6.45, 7) is 11.5. The van der Waals surface area contributed by atoms with Gasteiger partial charge in [0.15, 0.2) is 0 Å². The number of ether oxygens (including phenoxy) is 1. The lowest BCUT2D eigenvalue weighted by Gasteiger charge is -2.36. The number of amides is 1. The van der Waals surface area contributed by atoms with Crippen LogP contribution in [0.5, 0.6) is 6.01 Å². The van der Waals surface area contributed by atoms with Gasteiger partial charge in [0.2, 0.25) is 5.91 Å². The molecule has 1 saturated heterocycles. The SMILES string of the molecule is C=CC(=O)N1CCN(c2nc(OCC)nc(C)c2CC[C@@H]2Cc3cccc(F)c3N(C)C2)CC1. The molecular formula is C26H34FN5O2. The van der Waals surface area contributed by atoms with Gasteiger partial charge in [-0.25, -0.2) is 9.37 Å². The Labute approximate surface area is 201 Å². The van der Waals surface area contributed by atoms with Crippen molar-refractivity contribution in [3.8, 4) is 6.01 Å². The van der Waals surface area contributed by atoms with Gasteiger partial charge >= 0.3 is 6.01 Å². The van der Waals surface area contributed by atoms with Crippen LogP contribution in [-0.2, 0) is 17.6 Å². The topological polar surface area (TPSA) is 61.8 Å². The van der Waals surface area contributed by atoms with Crippen molar-refractivity contribution < 1.29 is 13.9 Å². The van der Waals surface area contributed by atoms with Crippen molar-refractivity contribution in [3.05, 3.63) is 53.5 Å². The molecule has 1 amide bonds. The monoisotopic (exact) mass is 467 g/mol. The second kappa shape index (κ2) is 10.4. The zero-order valence-electron chi connectivity index (χ0n) is 20.4. The molecule has 4 rings (SSSR count). The molecule has 7 nitrogen and oxygen atoms in total. The Hall–Kier alpha value is -3.16. The normalized spacial score (nSPS) is 18.0. The highest BCUT2D eigenvalue weighted by atomic mass is 19.1. The Balaban J connectivity index is 1.52. The van der Waals surface area contributed by atoms with Crippen molar-refractivity contribution in [3.63, 3.8) is 0 Å². The Morgan fingerprint density at radius 3 is 2.74 bits per heavy atom. The maximum absolute atomic E-state index is 14.3. The molecule has 1 atom stereocenters. The molecule has 182 valence electrons. The Bertz CT molecular complexity index is 1050. The van der Waals surface area contributed by atoms with Gasteiger partial charge < -0.3 is 19.4 Å². The number of benzene rings is 1. The Morgan fingerprint density at radius 2 is 2.03 bits per heavy atom. The molecule has 0 spiro atoms. The number of hydrogen-bond donors (Lipinski definition) is 0. The summed E-state index contributed by atoms with van der Waals surface area (Å²) in [5, 5.41) is 0. The number of hydrogen-bond acceptors (Lipinski definition) is 6. The number of nitrogens with zero attached hydrogens (tertiary/aromatic N) is 5. The molecule has 2 aliphatic heterocycles. The number of carbonyl (C=O) groups is 1. The van der Waals surface area contributed by atoms with Crippen LogP contribution in [0.15, 0.2) is 30.9 Å². The van der Waals surface area contributed by atoms with Crippen molar-refractivity contribution in [2.75, 3.05) is 56.2 Å². The van der Waals surface area contributed by atoms with E-state index in [9.17, 15) is 9.18 Å². The number of carbonyl (C=O) groups excluding carboxylic acids is 1. The Kier molecular flexibility index (Phi) is 7.34. The standard InChI is InChI=1S/C26H34FN5O2/c1-5-23(33)31-12-14-32(15-13-31)25-21(18(3)28-26(29-25)34-6-2)11-10-19-16-20-8-7-9-22(27)24(20)30(4)17-19/h5,7-9,19H,1,6,10-17H2,2-4H3/t19-/m1/s1. The van der Waals surface area contributed by atoms with Gasteiger partial charge in [-0.2, -0.15) is 4.98 Å². The van der Waals surface area contributed by atoms with Gasteiger partial charge in [-0.05, 0) is 56.7 Å². The van der Waals surface area contributed by atoms with Gasteiger partial charge in [-0.15, -0.1) is 0 Å². The smallest absolute Gasteiger partial charge is 0.318 e. The molecule has 0 unspecified atom stereocenters. The fourth-order valence-electron chi connectivity index (χ4n) is 5.12. The van der Waals surface area contributed by atoms with Crippen LogP contribution in [0, 0.1) is 18.7 Å². The predicted octanol–water partition coefficient (Wildman–Crippen LogP) is 3.40. The summed E-state index contributed by atoms with van der Waals surface area (Å²) < 4.78 is 19.9. The molecule has 3 heterocycles. The fourth-order valence-corrected chi connectivity index (χ4v) is 5.12. The third-order valence-corrected chi connectivity index (χ3v) is 6.81. The molecule has 0 aliphatic carbocycles. The summed E-state index contributed by atoms with van der Waals surface area (Å²) >= 11 is 0. The first-order chi connectivity index (χ1) is 16.4. The van der Waals surface area contributed by atoms with E-state index >= 15 is 0 Å². The van der Waals surface area contributed by atoms with Crippen LogP contribution in [0.3, 0.4) is 0 Å². The lowest BCUT2D eigenvalue weighted by atomic mass is 9.88. The van der Waals surface area contributed by atoms with E-state index in [1.165, 1.54) is 12.1 Å². The van der Waals surface area contributed by atoms with Crippen molar-refractivity contribution in [1.82, 2.24) is 14.9 Å². The summed E-state index contributed by atoms with van der Waals surface area (Å²) in [5.74, 6) is 1.13. The van der Waals surface area contributed by atoms with Crippen LogP contribution in [0.25, 0.3) is 0 Å². The minimum absolute atomic E-state index is 0.0353. The highest BCUT2D eigenvalue weighted by Crippen LogP contribution is 2.34. The highest BCUT2D eigenvalue weighted by molar-refractivity contribution is 5.87. The molecule has 1 aromatic carbocycles. The molecule has 1 fully saturated rings. The van der Waals surface area contributed by atoms with Crippen molar-refractivity contribution in [2.24, 2.45) is 5.92 Å². The van der Waals surface area contributed by atoms with Crippen molar-refractivity contribution in [2.45, 2.75) is 33.1 Å². The van der Waals surface area contributed by atoms with E-state index in [-0.39, 0.29) is 11.7 Å². The summed E-state index contributed by atoms with van der Waals surface area (Å²) in [4.78, 5) is 27.5. The van der Waals surface area contributed by atoms with Crippen molar-refractivity contribution >= 4 is 17.4 Å². The maximum atomic E-state index is 14.3. The second-order valence-electron chi connectivity index (χ2n) is 9.08. The molecule has 0 bridgehead atoms. The minimum atomic E-state index is -0.148. The summed E-state index contributed by atoms with van der Waals surface area (Å²) in [6, 6.07) is 5.75. The number of aryl methyl sites for hydroxylation is 1. The molecule has 2 aliphatic rings. The second-order valence-corrected chi connectivity index (χ2v) is 9.08. The maximum Gasteiger partial charge on any atom is 0.318 e. The van der Waals surface area contributed by atoms with Crippen LogP contribution >= 0.6 is 0 Å². The molecule has 2 aromatic rings. The van der Waals surface area contributed by atoms with Gasteiger partial charge in [0.1, 0.15) is 11.6 Å². The minimum Gasteiger partial charge on any atom is -0.464 e. The lowest BCUT2D eigenvalue weighted by Crippen LogP contribution is -2.49. The van der Waals surface area contributed by atoms with Gasteiger partial charge in [0, 0.05) is 51.0 Å². The third-order valence-electron chi connectivity index (χ3n) is 6.81. The number of rotatable bonds is 7. The van der Waals surface area contributed by atoms with E-state index in [1.807, 2.05) is 36.8 Å². The first kappa shape index (κ1) is 24.0. The number of para-hydroxylation sites is 1. The van der Waals surface area contributed by atoms with E-state index in [0.29, 0.717) is 44.7 Å². The number of piperazine rings is 1. The van der Waals surface area contributed by atoms with Crippen molar-refractivity contribution in [1.29, 1.82) is 0 Å². The van der Waals surface area contributed by atoms with Crippen LogP contribution < -0.4 is 14.5 Å². The zero-order valence-corrected chi connectivity index (χ0v) is 20.4. The fraction of sp³-hybridized carbons (Fsp3) is 0.500. The van der Waals surface area contributed by atoms with Crippen LogP contribution in [0.2, 0.25) is 0 Å². The Morgan fingerprint density at radius 1 is 1.26 bits per heavy atom. The summed E-state index contributed by atoms with van der Waals surface area (Å²) in [5.41, 5.74) is 3.85. The van der Waals surface area contributed by atoms with Gasteiger partial charge in [-0.3, -0.25) is 4.79 Å². The molecule has 8 heteroatoms. The van der Waals surface area contributed by atoms with Crippen LogP contribution in [0.1, 0.15) is 30.2 Å². The average Bonchev–Trinajstić information content (AvgIpc) is 2.83. The first-order valence-corrected chi connectivity index (χ1v) is 12.1. The van der Waals surface area contributed by atoms with Gasteiger partial charge in [-0.1, -0.05) is 18.7 Å². The number of aromatic nitrogens is 2. The third kappa shape index (κ3) is 5.00. The predicted molar refractivity (Wildman–Crippen MR) is 132 cm³/mol. The number of fused-ring (bicyclic) bond motifs is 1. The first-order valence-electron chi connectivity index (χ1n) is 12.1. The molecule has 0 radical (unpaired) electrons. The largest absolute Gasteiger partial charge is 0.464 e. The quantitative estimate of drug-likeness (QED) is 0.582. The zero-order chi connectivity index (χ0) is 24.2. The van der Waals surface area contributed by atoms with E-state index in [1.54, 1.807) is 6.07 Å². The molecule has 0 N–H and O–H groups in total. The van der Waals surface area contributed by atoms with E-state index in [4.69, 9.17) is 9.72 Å². The van der Waals surface area contributed by atoms with Crippen LogP contribution in [0.4, 0.5) is 15.9 Å². The van der Waals surface area contributed by atoms with E-state index in [0.717, 1.165) is 54.1 Å². The highest BCUT2D eigenvalue weighted by Gasteiger charge is 2.27. The van der Waals surface area contributed by atoms with Crippen LogP contribution in [-0.4, -0.2) is 67.2 Å². The number of halogens is 1.